The number of amides is 1. The molecule has 0 spiro atoms. The van der Waals surface area contributed by atoms with Crippen LogP contribution in [0.2, 0.25) is 0 Å². The predicted molar refractivity (Wildman–Crippen MR) is 120 cm³/mol. The van der Waals surface area contributed by atoms with Gasteiger partial charge < -0.3 is 14.5 Å². The van der Waals surface area contributed by atoms with Gasteiger partial charge in [-0.15, -0.1) is 0 Å². The Morgan fingerprint density at radius 3 is 2.22 bits per heavy atom. The summed E-state index contributed by atoms with van der Waals surface area (Å²) in [4.78, 5) is 12.6. The van der Waals surface area contributed by atoms with E-state index < -0.39 is 15.9 Å². The smallest absolute Gasteiger partial charge is 0.261 e. The van der Waals surface area contributed by atoms with Crippen molar-refractivity contribution < 1.29 is 22.4 Å². The van der Waals surface area contributed by atoms with Crippen LogP contribution in [0.15, 0.2) is 107 Å². The van der Waals surface area contributed by atoms with Crippen molar-refractivity contribution in [1.29, 1.82) is 0 Å². The van der Waals surface area contributed by atoms with Crippen LogP contribution in [0, 0.1) is 0 Å². The zero-order valence-electron chi connectivity index (χ0n) is 16.9. The Bertz CT molecular complexity index is 1290. The van der Waals surface area contributed by atoms with E-state index in [0.717, 1.165) is 0 Å². The van der Waals surface area contributed by atoms with E-state index in [1.807, 2.05) is 18.2 Å². The fourth-order valence-electron chi connectivity index (χ4n) is 2.96. The summed E-state index contributed by atoms with van der Waals surface area (Å²) in [6.07, 6.45) is 1.51. The van der Waals surface area contributed by atoms with Crippen LogP contribution in [0.4, 0.5) is 5.69 Å². The average molecular weight is 449 g/mol. The first-order valence-corrected chi connectivity index (χ1v) is 11.2. The summed E-state index contributed by atoms with van der Waals surface area (Å²) in [7, 11) is -3.92. The van der Waals surface area contributed by atoms with Crippen molar-refractivity contribution >= 4 is 21.6 Å². The maximum absolute atomic E-state index is 12.9. The van der Waals surface area contributed by atoms with Gasteiger partial charge in [0.2, 0.25) is 0 Å². The highest BCUT2D eigenvalue weighted by atomic mass is 32.2. The number of para-hydroxylation sites is 2. The summed E-state index contributed by atoms with van der Waals surface area (Å²) in [5, 5.41) is 2.71. The molecule has 0 atom stereocenters. The molecule has 1 heterocycles. The van der Waals surface area contributed by atoms with Crippen LogP contribution in [0.25, 0.3) is 0 Å². The normalized spacial score (nSPS) is 11.0. The minimum Gasteiger partial charge on any atom is -0.467 e. The van der Waals surface area contributed by atoms with Crippen LogP contribution >= 0.6 is 0 Å². The number of carbonyl (C=O) groups excluding carboxylic acids is 1. The lowest BCUT2D eigenvalue weighted by molar-refractivity contribution is 0.0949. The van der Waals surface area contributed by atoms with E-state index in [1.165, 1.54) is 24.5 Å². The third-order valence-corrected chi connectivity index (χ3v) is 5.91. The molecular formula is C24H20N2O5S. The van der Waals surface area contributed by atoms with Gasteiger partial charge in [0.05, 0.1) is 29.0 Å². The highest BCUT2D eigenvalue weighted by Gasteiger charge is 2.19. The number of benzene rings is 3. The van der Waals surface area contributed by atoms with Crippen molar-refractivity contribution in [3.8, 4) is 11.5 Å². The molecule has 1 aromatic heterocycles. The zero-order chi connectivity index (χ0) is 22.4. The van der Waals surface area contributed by atoms with Gasteiger partial charge in [-0.3, -0.25) is 9.52 Å². The Morgan fingerprint density at radius 1 is 0.812 bits per heavy atom. The highest BCUT2D eigenvalue weighted by molar-refractivity contribution is 7.92. The lowest BCUT2D eigenvalue weighted by atomic mass is 10.1. The Balaban J connectivity index is 1.48. The number of anilines is 1. The Kier molecular flexibility index (Phi) is 6.23. The first kappa shape index (κ1) is 21.2. The summed E-state index contributed by atoms with van der Waals surface area (Å²) in [5.41, 5.74) is 0.376. The van der Waals surface area contributed by atoms with Crippen molar-refractivity contribution in [2.24, 2.45) is 0 Å². The maximum Gasteiger partial charge on any atom is 0.261 e. The Hall–Kier alpha value is -4.04. The quantitative estimate of drug-likeness (QED) is 0.403. The molecule has 4 aromatic rings. The number of rotatable bonds is 8. The molecule has 0 radical (unpaired) electrons. The van der Waals surface area contributed by atoms with Crippen molar-refractivity contribution in [2.45, 2.75) is 11.4 Å². The SMILES string of the molecule is O=C(NCc1ccco1)c1ccccc1NS(=O)(=O)c1ccc(Oc2ccccc2)cc1. The summed E-state index contributed by atoms with van der Waals surface area (Å²) in [6, 6.07) is 25.1. The summed E-state index contributed by atoms with van der Waals surface area (Å²) >= 11 is 0. The molecule has 0 aliphatic rings. The molecule has 0 aliphatic carbocycles. The highest BCUT2D eigenvalue weighted by Crippen LogP contribution is 2.25. The van der Waals surface area contributed by atoms with Crippen LogP contribution in [-0.2, 0) is 16.6 Å². The van der Waals surface area contributed by atoms with Gasteiger partial charge in [0.15, 0.2) is 0 Å². The van der Waals surface area contributed by atoms with E-state index >= 15 is 0 Å². The van der Waals surface area contributed by atoms with Gasteiger partial charge in [-0.2, -0.15) is 0 Å². The largest absolute Gasteiger partial charge is 0.467 e. The fraction of sp³-hybridized carbons (Fsp3) is 0.0417. The molecular weight excluding hydrogens is 428 g/mol. The second-order valence-corrected chi connectivity index (χ2v) is 8.48. The summed E-state index contributed by atoms with van der Waals surface area (Å²) < 4.78 is 39.2. The van der Waals surface area contributed by atoms with E-state index in [1.54, 1.807) is 54.6 Å². The van der Waals surface area contributed by atoms with Crippen LogP contribution in [-0.4, -0.2) is 14.3 Å². The molecule has 32 heavy (non-hydrogen) atoms. The average Bonchev–Trinajstić information content (AvgIpc) is 3.32. The molecule has 0 saturated heterocycles. The van der Waals surface area contributed by atoms with Gasteiger partial charge in [0, 0.05) is 0 Å². The first-order valence-electron chi connectivity index (χ1n) is 9.77. The minimum absolute atomic E-state index is 0.0451. The van der Waals surface area contributed by atoms with Gasteiger partial charge in [-0.05, 0) is 60.7 Å². The van der Waals surface area contributed by atoms with Crippen molar-refractivity contribution in [2.75, 3.05) is 4.72 Å². The number of carbonyl (C=O) groups is 1. The van der Waals surface area contributed by atoms with Gasteiger partial charge >= 0.3 is 0 Å². The van der Waals surface area contributed by atoms with Crippen molar-refractivity contribution in [3.05, 3.63) is 109 Å². The lowest BCUT2D eigenvalue weighted by Gasteiger charge is -2.13. The third kappa shape index (κ3) is 5.16. The minimum atomic E-state index is -3.92. The van der Waals surface area contributed by atoms with Crippen LogP contribution in [0.5, 0.6) is 11.5 Å². The monoisotopic (exact) mass is 448 g/mol. The van der Waals surface area contributed by atoms with E-state index in [-0.39, 0.29) is 22.7 Å². The molecule has 0 bridgehead atoms. The van der Waals surface area contributed by atoms with Crippen molar-refractivity contribution in [1.82, 2.24) is 5.32 Å². The molecule has 4 rings (SSSR count). The molecule has 7 nitrogen and oxygen atoms in total. The first-order chi connectivity index (χ1) is 15.5. The second-order valence-electron chi connectivity index (χ2n) is 6.80. The molecule has 2 N–H and O–H groups in total. The number of nitrogens with one attached hydrogen (secondary N) is 2. The van der Waals surface area contributed by atoms with Crippen LogP contribution in [0.3, 0.4) is 0 Å². The molecule has 1 amide bonds. The maximum atomic E-state index is 12.9. The second kappa shape index (κ2) is 9.40. The lowest BCUT2D eigenvalue weighted by Crippen LogP contribution is -2.24. The van der Waals surface area contributed by atoms with E-state index in [9.17, 15) is 13.2 Å². The van der Waals surface area contributed by atoms with E-state index in [4.69, 9.17) is 9.15 Å². The van der Waals surface area contributed by atoms with E-state index in [2.05, 4.69) is 10.0 Å². The van der Waals surface area contributed by atoms with Crippen molar-refractivity contribution in [3.63, 3.8) is 0 Å². The third-order valence-electron chi connectivity index (χ3n) is 4.53. The van der Waals surface area contributed by atoms with Crippen LogP contribution < -0.4 is 14.8 Å². The van der Waals surface area contributed by atoms with Crippen LogP contribution in [0.1, 0.15) is 16.1 Å². The van der Waals surface area contributed by atoms with Gasteiger partial charge in [-0.1, -0.05) is 30.3 Å². The predicted octanol–water partition coefficient (Wildman–Crippen LogP) is 4.80. The van der Waals surface area contributed by atoms with Gasteiger partial charge in [0.25, 0.3) is 15.9 Å². The molecule has 3 aromatic carbocycles. The molecule has 0 fully saturated rings. The molecule has 0 saturated carbocycles. The Morgan fingerprint density at radius 2 is 1.50 bits per heavy atom. The van der Waals surface area contributed by atoms with E-state index in [0.29, 0.717) is 17.3 Å². The molecule has 8 heteroatoms. The van der Waals surface area contributed by atoms with Gasteiger partial charge in [0.1, 0.15) is 17.3 Å². The topological polar surface area (TPSA) is 97.6 Å². The number of ether oxygens (including phenoxy) is 1. The molecule has 162 valence electrons. The summed E-state index contributed by atoms with van der Waals surface area (Å²) in [6.45, 7) is 0.190. The fourth-order valence-corrected chi connectivity index (χ4v) is 4.04. The molecule has 0 aliphatic heterocycles. The molecule has 0 unspecified atom stereocenters. The van der Waals surface area contributed by atoms with Gasteiger partial charge in [-0.25, -0.2) is 8.42 Å². The number of hydrogen-bond donors (Lipinski definition) is 2. The Labute approximate surface area is 185 Å². The zero-order valence-corrected chi connectivity index (χ0v) is 17.7. The number of sulfonamides is 1. The summed E-state index contributed by atoms with van der Waals surface area (Å²) in [5.74, 6) is 1.32. The standard InChI is InChI=1S/C24H20N2O5S/c27-24(25-17-20-9-6-16-30-20)22-10-4-5-11-23(22)26-32(28,29)21-14-12-19(13-15-21)31-18-7-2-1-3-8-18/h1-16,26H,17H2,(H,25,27). The number of furan rings is 1. The number of hydrogen-bond acceptors (Lipinski definition) is 5.